The molecule has 2 aromatic rings. The number of likely N-dealkylation sites (N-methyl/N-ethyl adjacent to an activating group) is 1. The number of hydrogen-bond donors (Lipinski definition) is 0. The fourth-order valence-corrected chi connectivity index (χ4v) is 2.24. The smallest absolute Gasteiger partial charge is 0.331 e. The maximum Gasteiger partial charge on any atom is 0.331 e. The van der Waals surface area contributed by atoms with Crippen LogP contribution in [-0.2, 0) is 24.4 Å². The lowest BCUT2D eigenvalue weighted by Crippen LogP contribution is -2.44. The quantitative estimate of drug-likeness (QED) is 0.793. The van der Waals surface area contributed by atoms with Gasteiger partial charge in [-0.2, -0.15) is 5.26 Å². The van der Waals surface area contributed by atoms with Gasteiger partial charge in [0.25, 0.3) is 5.56 Å². The molecular weight excluding hydrogens is 312 g/mol. The molecule has 0 aliphatic heterocycles. The molecule has 0 aliphatic carbocycles. The molecule has 0 N–H and O–H groups in total. The minimum absolute atomic E-state index is 0.173. The number of rotatable bonds is 5. The maximum atomic E-state index is 12.3. The number of nitriles is 1. The molecule has 8 nitrogen and oxygen atoms in total. The first kappa shape index (κ1) is 17.3. The van der Waals surface area contributed by atoms with Crippen molar-refractivity contribution in [2.24, 2.45) is 0 Å². The maximum absolute atomic E-state index is 12.3. The van der Waals surface area contributed by atoms with Crippen LogP contribution in [0.25, 0.3) is 0 Å². The number of amides is 1. The molecule has 24 heavy (non-hydrogen) atoms. The van der Waals surface area contributed by atoms with Gasteiger partial charge in [0, 0.05) is 19.8 Å². The second kappa shape index (κ2) is 7.00. The summed E-state index contributed by atoms with van der Waals surface area (Å²) < 4.78 is 7.41. The number of hydrogen-bond acceptors (Lipinski definition) is 5. The van der Waals surface area contributed by atoms with Crippen LogP contribution in [0, 0.1) is 18.3 Å². The van der Waals surface area contributed by atoms with E-state index in [1.54, 1.807) is 39.1 Å². The summed E-state index contributed by atoms with van der Waals surface area (Å²) in [6, 6.07) is 5.29. The van der Waals surface area contributed by atoms with Crippen LogP contribution in [0.4, 0.5) is 0 Å². The summed E-state index contributed by atoms with van der Waals surface area (Å²) in [7, 11) is 1.55. The molecule has 0 radical (unpaired) electrons. The van der Waals surface area contributed by atoms with E-state index >= 15 is 0 Å². The second-order valence-corrected chi connectivity index (χ2v) is 5.38. The SMILES string of the molecule is CCn1cc(C#N)c(=O)n(CC(=O)N(C)Cc2ccc(C)o2)c1=O. The summed E-state index contributed by atoms with van der Waals surface area (Å²) in [5.74, 6) is 0.906. The lowest BCUT2D eigenvalue weighted by atomic mass is 10.3. The molecule has 2 heterocycles. The van der Waals surface area contributed by atoms with Crippen molar-refractivity contribution >= 4 is 5.91 Å². The average Bonchev–Trinajstić information content (AvgIpc) is 2.96. The molecule has 126 valence electrons. The molecule has 1 amide bonds. The lowest BCUT2D eigenvalue weighted by molar-refractivity contribution is -0.131. The van der Waals surface area contributed by atoms with Crippen molar-refractivity contribution in [3.05, 3.63) is 56.3 Å². The third-order valence-corrected chi connectivity index (χ3v) is 3.61. The Morgan fingerprint density at radius 1 is 1.38 bits per heavy atom. The average molecular weight is 330 g/mol. The van der Waals surface area contributed by atoms with E-state index in [0.29, 0.717) is 12.3 Å². The number of carbonyl (C=O) groups excluding carboxylic acids is 1. The van der Waals surface area contributed by atoms with Crippen LogP contribution in [0.5, 0.6) is 0 Å². The highest BCUT2D eigenvalue weighted by atomic mass is 16.3. The van der Waals surface area contributed by atoms with Gasteiger partial charge in [-0.15, -0.1) is 0 Å². The second-order valence-electron chi connectivity index (χ2n) is 5.38. The van der Waals surface area contributed by atoms with E-state index in [2.05, 4.69) is 0 Å². The number of aryl methyl sites for hydroxylation is 2. The van der Waals surface area contributed by atoms with Gasteiger partial charge in [-0.3, -0.25) is 14.2 Å². The lowest BCUT2D eigenvalue weighted by Gasteiger charge is -2.17. The van der Waals surface area contributed by atoms with Gasteiger partial charge in [0.2, 0.25) is 5.91 Å². The number of furan rings is 1. The van der Waals surface area contributed by atoms with Gasteiger partial charge in [0.1, 0.15) is 29.7 Å². The molecule has 0 spiro atoms. The Balaban J connectivity index is 2.27. The fraction of sp³-hybridized carbons (Fsp3) is 0.375. The van der Waals surface area contributed by atoms with Crippen LogP contribution in [0.1, 0.15) is 24.0 Å². The van der Waals surface area contributed by atoms with E-state index in [4.69, 9.17) is 9.68 Å². The Bertz CT molecular complexity index is 913. The van der Waals surface area contributed by atoms with Gasteiger partial charge < -0.3 is 9.32 Å². The van der Waals surface area contributed by atoms with Crippen molar-refractivity contribution in [1.29, 1.82) is 5.26 Å². The molecule has 8 heteroatoms. The van der Waals surface area contributed by atoms with Crippen molar-refractivity contribution in [3.8, 4) is 6.07 Å². The molecule has 0 bridgehead atoms. The molecule has 0 saturated heterocycles. The zero-order valence-electron chi connectivity index (χ0n) is 13.8. The van der Waals surface area contributed by atoms with Crippen LogP contribution < -0.4 is 11.2 Å². The van der Waals surface area contributed by atoms with Gasteiger partial charge in [-0.05, 0) is 26.0 Å². The summed E-state index contributed by atoms with van der Waals surface area (Å²) in [5.41, 5.74) is -1.55. The molecule has 0 fully saturated rings. The molecule has 2 aromatic heterocycles. The predicted molar refractivity (Wildman–Crippen MR) is 85.3 cm³/mol. The standard InChI is InChI=1S/C16H18N4O4/c1-4-19-8-12(7-17)15(22)20(16(19)23)10-14(21)18(3)9-13-6-5-11(2)24-13/h5-6,8H,4,9-10H2,1-3H3. The molecule has 2 rings (SSSR count). The van der Waals surface area contributed by atoms with Gasteiger partial charge in [0.05, 0.1) is 6.54 Å². The van der Waals surface area contributed by atoms with Crippen molar-refractivity contribution in [3.63, 3.8) is 0 Å². The Hall–Kier alpha value is -3.08. The van der Waals surface area contributed by atoms with Gasteiger partial charge in [-0.25, -0.2) is 9.36 Å². The van der Waals surface area contributed by atoms with Crippen LogP contribution in [-0.4, -0.2) is 27.0 Å². The molecule has 0 unspecified atom stereocenters. The third kappa shape index (κ3) is 3.46. The van der Waals surface area contributed by atoms with Crippen LogP contribution >= 0.6 is 0 Å². The van der Waals surface area contributed by atoms with Crippen LogP contribution in [0.3, 0.4) is 0 Å². The third-order valence-electron chi connectivity index (χ3n) is 3.61. The normalized spacial score (nSPS) is 10.4. The first-order valence-electron chi connectivity index (χ1n) is 7.41. The highest BCUT2D eigenvalue weighted by molar-refractivity contribution is 5.75. The Kier molecular flexibility index (Phi) is 5.04. The summed E-state index contributed by atoms with van der Waals surface area (Å²) >= 11 is 0. The Morgan fingerprint density at radius 3 is 2.62 bits per heavy atom. The minimum Gasteiger partial charge on any atom is -0.464 e. The minimum atomic E-state index is -0.761. The fourth-order valence-electron chi connectivity index (χ4n) is 2.24. The summed E-state index contributed by atoms with van der Waals surface area (Å²) in [6.07, 6.45) is 1.21. The van der Waals surface area contributed by atoms with E-state index in [9.17, 15) is 14.4 Å². The first-order chi connectivity index (χ1) is 11.4. The van der Waals surface area contributed by atoms with Crippen molar-refractivity contribution < 1.29 is 9.21 Å². The largest absolute Gasteiger partial charge is 0.464 e. The van der Waals surface area contributed by atoms with Gasteiger partial charge in [-0.1, -0.05) is 0 Å². The van der Waals surface area contributed by atoms with E-state index in [0.717, 1.165) is 10.3 Å². The van der Waals surface area contributed by atoms with Gasteiger partial charge >= 0.3 is 5.69 Å². The van der Waals surface area contributed by atoms with E-state index in [-0.39, 0.29) is 12.1 Å². The Morgan fingerprint density at radius 2 is 2.08 bits per heavy atom. The number of carbonyl (C=O) groups is 1. The summed E-state index contributed by atoms with van der Waals surface area (Å²) in [6.45, 7) is 3.60. The van der Waals surface area contributed by atoms with Crippen molar-refractivity contribution in [2.75, 3.05) is 7.05 Å². The molecular formula is C16H18N4O4. The molecule has 0 aromatic carbocycles. The van der Waals surface area contributed by atoms with Crippen molar-refractivity contribution in [2.45, 2.75) is 33.5 Å². The van der Waals surface area contributed by atoms with E-state index in [1.807, 2.05) is 0 Å². The topological polar surface area (TPSA) is 101 Å². The molecule has 0 saturated carbocycles. The highest BCUT2D eigenvalue weighted by Gasteiger charge is 2.17. The summed E-state index contributed by atoms with van der Waals surface area (Å²) in [5, 5.41) is 9.01. The monoisotopic (exact) mass is 330 g/mol. The van der Waals surface area contributed by atoms with E-state index in [1.165, 1.54) is 15.7 Å². The zero-order chi connectivity index (χ0) is 17.9. The molecule has 0 atom stereocenters. The van der Waals surface area contributed by atoms with Crippen LogP contribution in [0.15, 0.2) is 32.3 Å². The van der Waals surface area contributed by atoms with Crippen LogP contribution in [0.2, 0.25) is 0 Å². The van der Waals surface area contributed by atoms with Gasteiger partial charge in [0.15, 0.2) is 0 Å². The number of nitrogens with zero attached hydrogens (tertiary/aromatic N) is 4. The Labute approximate surface area is 138 Å². The summed E-state index contributed by atoms with van der Waals surface area (Å²) in [4.78, 5) is 38.1. The first-order valence-corrected chi connectivity index (χ1v) is 7.41. The predicted octanol–water partition coefficient (Wildman–Crippen LogP) is 0.462. The zero-order valence-corrected chi connectivity index (χ0v) is 13.8. The van der Waals surface area contributed by atoms with E-state index < -0.39 is 23.7 Å². The van der Waals surface area contributed by atoms with Crippen molar-refractivity contribution in [1.82, 2.24) is 14.0 Å². The number of aromatic nitrogens is 2. The molecule has 0 aliphatic rings. The highest BCUT2D eigenvalue weighted by Crippen LogP contribution is 2.08.